The Balaban J connectivity index is 0.000000310. The second kappa shape index (κ2) is 5.27. The molecule has 2 amide bonds. The third-order valence-corrected chi connectivity index (χ3v) is 7.64. The van der Waals surface area contributed by atoms with Crippen molar-refractivity contribution in [3.05, 3.63) is 0 Å². The first-order chi connectivity index (χ1) is 5.86. The minimum Gasteiger partial charge on any atom is -0.352 e. The fourth-order valence-corrected chi connectivity index (χ4v) is 4.31. The highest BCUT2D eigenvalue weighted by Crippen LogP contribution is 2.36. The Morgan fingerprint density at radius 2 is 1.77 bits per heavy atom. The van der Waals surface area contributed by atoms with Gasteiger partial charge < -0.3 is 11.5 Å². The Labute approximate surface area is 81.9 Å². The monoisotopic (exact) mass is 202 g/mol. The lowest BCUT2D eigenvalue weighted by Crippen LogP contribution is -2.33. The van der Waals surface area contributed by atoms with Crippen LogP contribution in [0.15, 0.2) is 0 Å². The highest BCUT2D eigenvalue weighted by molar-refractivity contribution is 6.78. The molecule has 1 heterocycles. The number of urea groups is 1. The van der Waals surface area contributed by atoms with Crippen molar-refractivity contribution < 1.29 is 4.79 Å². The van der Waals surface area contributed by atoms with Gasteiger partial charge in [-0.2, -0.15) is 0 Å². The van der Waals surface area contributed by atoms with Crippen molar-refractivity contribution in [3.8, 4) is 0 Å². The minimum absolute atomic E-state index is 0.694. The third kappa shape index (κ3) is 5.68. The number of hydrogen-bond acceptors (Lipinski definition) is 1. The second-order valence-electron chi connectivity index (χ2n) is 4.54. The molecule has 13 heavy (non-hydrogen) atoms. The number of amides is 2. The minimum atomic E-state index is -0.833. The van der Waals surface area contributed by atoms with E-state index in [4.69, 9.17) is 4.79 Å². The Bertz CT molecular complexity index is 167. The van der Waals surface area contributed by atoms with E-state index in [-0.39, 0.29) is 0 Å². The molecule has 4 heteroatoms. The van der Waals surface area contributed by atoms with E-state index < -0.39 is 14.1 Å². The highest BCUT2D eigenvalue weighted by Gasteiger charge is 2.30. The molecule has 78 valence electrons. The van der Waals surface area contributed by atoms with E-state index in [0.717, 1.165) is 5.54 Å². The Hall–Kier alpha value is -0.513. The summed E-state index contributed by atoms with van der Waals surface area (Å²) in [6.07, 6.45) is 4.53. The maximum atomic E-state index is 9.00. The standard InChI is InChI=1S/C8H18Si.CH4N2O/c1-8-6-4-5-7-9(8,2)3;2-1(3)4/h8H,4-7H2,1-3H3;(H4,2,3,4). The molecular formula is C9H22N2OSi. The van der Waals surface area contributed by atoms with E-state index in [0.29, 0.717) is 0 Å². The SMILES string of the molecule is CC1CCCC[Si]1(C)C.NC(N)=O. The third-order valence-electron chi connectivity index (χ3n) is 3.04. The van der Waals surface area contributed by atoms with Crippen molar-refractivity contribution in [2.45, 2.75) is 50.9 Å². The molecule has 1 aliphatic heterocycles. The molecule has 0 aromatic carbocycles. The van der Waals surface area contributed by atoms with Crippen LogP contribution in [0.3, 0.4) is 0 Å². The largest absolute Gasteiger partial charge is 0.352 e. The molecule has 0 aliphatic carbocycles. The average molecular weight is 202 g/mol. The topological polar surface area (TPSA) is 69.1 Å². The van der Waals surface area contributed by atoms with E-state index >= 15 is 0 Å². The van der Waals surface area contributed by atoms with Crippen molar-refractivity contribution in [1.29, 1.82) is 0 Å². The van der Waals surface area contributed by atoms with Crippen LogP contribution in [0.1, 0.15) is 26.2 Å². The molecule has 1 aliphatic rings. The second-order valence-corrected chi connectivity index (χ2v) is 10.0. The molecule has 1 atom stereocenters. The molecule has 0 spiro atoms. The van der Waals surface area contributed by atoms with E-state index in [2.05, 4.69) is 31.5 Å². The molecule has 0 aromatic rings. The van der Waals surface area contributed by atoms with E-state index in [1.54, 1.807) is 6.04 Å². The average Bonchev–Trinajstić information content (AvgIpc) is 1.94. The van der Waals surface area contributed by atoms with Gasteiger partial charge in [-0.3, -0.25) is 0 Å². The maximum absolute atomic E-state index is 9.00. The van der Waals surface area contributed by atoms with E-state index in [9.17, 15) is 0 Å². The molecule has 0 aromatic heterocycles. The fourth-order valence-electron chi connectivity index (χ4n) is 1.67. The lowest BCUT2D eigenvalue weighted by molar-refractivity contribution is 0.256. The van der Waals surface area contributed by atoms with Gasteiger partial charge >= 0.3 is 6.03 Å². The van der Waals surface area contributed by atoms with Gasteiger partial charge in [-0.05, 0) is 5.54 Å². The van der Waals surface area contributed by atoms with Crippen LogP contribution in [-0.2, 0) is 0 Å². The van der Waals surface area contributed by atoms with Gasteiger partial charge in [0.05, 0.1) is 8.07 Å². The van der Waals surface area contributed by atoms with Crippen LogP contribution in [0.25, 0.3) is 0 Å². The lowest BCUT2D eigenvalue weighted by atomic mass is 10.2. The summed E-state index contributed by atoms with van der Waals surface area (Å²) in [5.74, 6) is 0. The summed E-state index contributed by atoms with van der Waals surface area (Å²) in [6, 6.07) is 0.744. The van der Waals surface area contributed by atoms with Crippen LogP contribution in [0, 0.1) is 0 Å². The van der Waals surface area contributed by atoms with Gasteiger partial charge in [-0.25, -0.2) is 4.79 Å². The summed E-state index contributed by atoms with van der Waals surface area (Å²) in [5.41, 5.74) is 9.59. The number of nitrogens with two attached hydrogens (primary N) is 2. The van der Waals surface area contributed by atoms with Crippen LogP contribution >= 0.6 is 0 Å². The van der Waals surface area contributed by atoms with Gasteiger partial charge in [0.2, 0.25) is 0 Å². The summed E-state index contributed by atoms with van der Waals surface area (Å²) < 4.78 is 0. The first kappa shape index (κ1) is 12.5. The van der Waals surface area contributed by atoms with Crippen LogP contribution in [-0.4, -0.2) is 14.1 Å². The van der Waals surface area contributed by atoms with Gasteiger partial charge in [0.15, 0.2) is 0 Å². The van der Waals surface area contributed by atoms with Crippen LogP contribution < -0.4 is 11.5 Å². The van der Waals surface area contributed by atoms with Crippen molar-refractivity contribution in [1.82, 2.24) is 0 Å². The van der Waals surface area contributed by atoms with Crippen LogP contribution in [0.4, 0.5) is 4.79 Å². The van der Waals surface area contributed by atoms with Gasteiger partial charge in [0, 0.05) is 0 Å². The molecule has 1 fully saturated rings. The molecule has 3 nitrogen and oxygen atoms in total. The molecular weight excluding hydrogens is 180 g/mol. The van der Waals surface area contributed by atoms with E-state index in [1.165, 1.54) is 19.3 Å². The van der Waals surface area contributed by atoms with Crippen molar-refractivity contribution >= 4 is 14.1 Å². The first-order valence-corrected chi connectivity index (χ1v) is 8.19. The molecule has 1 unspecified atom stereocenters. The molecule has 0 saturated carbocycles. The van der Waals surface area contributed by atoms with Gasteiger partial charge in [-0.1, -0.05) is 45.3 Å². The quantitative estimate of drug-likeness (QED) is 0.581. The number of rotatable bonds is 0. The molecule has 1 rings (SSSR count). The van der Waals surface area contributed by atoms with Crippen molar-refractivity contribution in [2.24, 2.45) is 11.5 Å². The Morgan fingerprint density at radius 3 is 2.00 bits per heavy atom. The molecule has 0 radical (unpaired) electrons. The first-order valence-electron chi connectivity index (χ1n) is 4.91. The zero-order chi connectivity index (χ0) is 10.5. The Kier molecular flexibility index (Phi) is 5.06. The predicted octanol–water partition coefficient (Wildman–Crippen LogP) is 2.29. The maximum Gasteiger partial charge on any atom is 0.309 e. The molecule has 4 N–H and O–H groups in total. The van der Waals surface area contributed by atoms with Crippen molar-refractivity contribution in [2.75, 3.05) is 0 Å². The number of carbonyl (C=O) groups is 1. The summed E-state index contributed by atoms with van der Waals surface area (Å²) in [5, 5.41) is 0. The molecule has 0 bridgehead atoms. The predicted molar refractivity (Wildman–Crippen MR) is 59.3 cm³/mol. The number of hydrogen-bond donors (Lipinski definition) is 2. The van der Waals surface area contributed by atoms with E-state index in [1.807, 2.05) is 0 Å². The summed E-state index contributed by atoms with van der Waals surface area (Å²) in [7, 11) is -0.694. The summed E-state index contributed by atoms with van der Waals surface area (Å²) in [6.45, 7) is 7.53. The number of carbonyl (C=O) groups excluding carboxylic acids is 1. The fraction of sp³-hybridized carbons (Fsp3) is 0.889. The van der Waals surface area contributed by atoms with Crippen LogP contribution in [0.5, 0.6) is 0 Å². The normalized spacial score (nSPS) is 25.6. The van der Waals surface area contributed by atoms with Gasteiger partial charge in [-0.15, -0.1) is 0 Å². The Morgan fingerprint density at radius 1 is 1.31 bits per heavy atom. The zero-order valence-electron chi connectivity index (χ0n) is 8.97. The van der Waals surface area contributed by atoms with Crippen LogP contribution in [0.2, 0.25) is 24.7 Å². The highest BCUT2D eigenvalue weighted by atomic mass is 28.3. The number of primary amides is 2. The smallest absolute Gasteiger partial charge is 0.309 e. The zero-order valence-corrected chi connectivity index (χ0v) is 9.97. The summed E-state index contributed by atoms with van der Waals surface area (Å²) >= 11 is 0. The lowest BCUT2D eigenvalue weighted by Gasteiger charge is -2.34. The van der Waals surface area contributed by atoms with Crippen molar-refractivity contribution in [3.63, 3.8) is 0 Å². The van der Waals surface area contributed by atoms with Gasteiger partial charge in [0.1, 0.15) is 0 Å². The summed E-state index contributed by atoms with van der Waals surface area (Å²) in [4.78, 5) is 9.00. The molecule has 1 saturated heterocycles. The van der Waals surface area contributed by atoms with Gasteiger partial charge in [0.25, 0.3) is 0 Å².